The van der Waals surface area contributed by atoms with Crippen LogP contribution < -0.4 is 11.4 Å². The molecule has 6 nitrogen and oxygen atoms in total. The molecule has 0 aliphatic heterocycles. The van der Waals surface area contributed by atoms with Crippen LogP contribution in [0, 0.1) is 13.8 Å². The highest BCUT2D eigenvalue weighted by Gasteiger charge is 2.06. The van der Waals surface area contributed by atoms with Gasteiger partial charge in [-0.15, -0.1) is 0 Å². The molecule has 0 atom stereocenters. The van der Waals surface area contributed by atoms with Gasteiger partial charge in [-0.2, -0.15) is 4.98 Å². The van der Waals surface area contributed by atoms with Gasteiger partial charge in [0.2, 0.25) is 0 Å². The highest BCUT2D eigenvalue weighted by Crippen LogP contribution is 2.12. The smallest absolute Gasteiger partial charge is 0.348 e. The number of rotatable bonds is 0. The zero-order valence-corrected chi connectivity index (χ0v) is 7.83. The molecule has 0 spiro atoms. The first-order valence-corrected chi connectivity index (χ1v) is 4.08. The molecule has 6 heteroatoms. The summed E-state index contributed by atoms with van der Waals surface area (Å²) in [4.78, 5) is 25.3. The van der Waals surface area contributed by atoms with Gasteiger partial charge >= 0.3 is 5.69 Å². The van der Waals surface area contributed by atoms with Gasteiger partial charge in [0.25, 0.3) is 0 Å². The fourth-order valence-corrected chi connectivity index (χ4v) is 1.15. The molecule has 0 radical (unpaired) electrons. The number of nitrogens with two attached hydrogens (primary N) is 1. The minimum absolute atomic E-state index is 0.204. The summed E-state index contributed by atoms with van der Waals surface area (Å²) >= 11 is 0. The molecule has 2 aromatic heterocycles. The number of fused-ring (bicyclic) bond motifs is 1. The zero-order valence-electron chi connectivity index (χ0n) is 7.83. The Morgan fingerprint density at radius 3 is 2.50 bits per heavy atom. The number of nitrogens with one attached hydrogen (secondary N) is 1. The van der Waals surface area contributed by atoms with Crippen LogP contribution in [-0.2, 0) is 0 Å². The Labute approximate surface area is 79.2 Å². The average Bonchev–Trinajstić information content (AvgIpc) is 2.08. The first kappa shape index (κ1) is 8.61. The Hall–Kier alpha value is -1.98. The lowest BCUT2D eigenvalue weighted by atomic mass is 10.3. The quantitative estimate of drug-likeness (QED) is 0.606. The molecule has 0 unspecified atom stereocenters. The summed E-state index contributed by atoms with van der Waals surface area (Å²) in [5, 5.41) is 0. The molecule has 0 fully saturated rings. The molecule has 72 valence electrons. The van der Waals surface area contributed by atoms with Crippen molar-refractivity contribution in [1.82, 2.24) is 19.9 Å². The van der Waals surface area contributed by atoms with Crippen molar-refractivity contribution in [3.63, 3.8) is 0 Å². The van der Waals surface area contributed by atoms with E-state index >= 15 is 0 Å². The van der Waals surface area contributed by atoms with Gasteiger partial charge in [-0.25, -0.2) is 14.8 Å². The first-order chi connectivity index (χ1) is 6.58. The lowest BCUT2D eigenvalue weighted by Crippen LogP contribution is -2.14. The summed E-state index contributed by atoms with van der Waals surface area (Å²) < 4.78 is 0. The molecule has 14 heavy (non-hydrogen) atoms. The Kier molecular flexibility index (Phi) is 1.70. The Bertz CT molecular complexity index is 559. The third kappa shape index (κ3) is 1.20. The van der Waals surface area contributed by atoms with E-state index < -0.39 is 5.69 Å². The molecule has 0 bridgehead atoms. The maximum absolute atomic E-state index is 11.0. The molecule has 2 rings (SSSR count). The molecular weight excluding hydrogens is 182 g/mol. The largest absolute Gasteiger partial charge is 0.383 e. The van der Waals surface area contributed by atoms with E-state index in [1.54, 1.807) is 6.92 Å². The van der Waals surface area contributed by atoms with E-state index in [4.69, 9.17) is 5.73 Å². The van der Waals surface area contributed by atoms with Gasteiger partial charge in [0, 0.05) is 0 Å². The second-order valence-electron chi connectivity index (χ2n) is 3.02. The van der Waals surface area contributed by atoms with Crippen molar-refractivity contribution in [2.75, 3.05) is 5.73 Å². The van der Waals surface area contributed by atoms with Gasteiger partial charge in [-0.05, 0) is 13.8 Å². The third-order valence-corrected chi connectivity index (χ3v) is 1.99. The van der Waals surface area contributed by atoms with E-state index in [0.717, 1.165) is 11.4 Å². The molecule has 2 aromatic rings. The standard InChI is InChI=1S/C8H9N5O/c1-3-4(2)11-7-5(10-3)6(9)12-8(14)13-7/h1-2H3,(H3,9,11,12,13,14). The monoisotopic (exact) mass is 191 g/mol. The van der Waals surface area contributed by atoms with E-state index in [1.165, 1.54) is 0 Å². The van der Waals surface area contributed by atoms with Gasteiger partial charge in [0.15, 0.2) is 5.65 Å². The van der Waals surface area contributed by atoms with E-state index in [1.807, 2.05) is 6.92 Å². The number of nitrogen functional groups attached to an aromatic ring is 1. The van der Waals surface area contributed by atoms with Crippen molar-refractivity contribution < 1.29 is 0 Å². The van der Waals surface area contributed by atoms with Crippen LogP contribution in [0.1, 0.15) is 11.4 Å². The molecule has 0 saturated carbocycles. The second kappa shape index (κ2) is 2.76. The minimum atomic E-state index is -0.507. The van der Waals surface area contributed by atoms with Gasteiger partial charge in [-0.1, -0.05) is 0 Å². The van der Waals surface area contributed by atoms with Gasteiger partial charge in [0.05, 0.1) is 11.4 Å². The number of aromatic amines is 1. The SMILES string of the molecule is Cc1nc2nc(=O)[nH]c(N)c2nc1C. The molecule has 0 aliphatic rings. The maximum atomic E-state index is 11.0. The zero-order chi connectivity index (χ0) is 10.3. The van der Waals surface area contributed by atoms with Crippen LogP contribution in [0.15, 0.2) is 4.79 Å². The number of aromatic nitrogens is 4. The van der Waals surface area contributed by atoms with Crippen LogP contribution in [0.25, 0.3) is 11.2 Å². The third-order valence-electron chi connectivity index (χ3n) is 1.99. The minimum Gasteiger partial charge on any atom is -0.383 e. The first-order valence-electron chi connectivity index (χ1n) is 4.08. The molecule has 0 aromatic carbocycles. The molecular formula is C8H9N5O. The second-order valence-corrected chi connectivity index (χ2v) is 3.02. The van der Waals surface area contributed by atoms with E-state index in [2.05, 4.69) is 19.9 Å². The number of anilines is 1. The van der Waals surface area contributed by atoms with E-state index in [9.17, 15) is 4.79 Å². The Morgan fingerprint density at radius 2 is 1.79 bits per heavy atom. The predicted molar refractivity (Wildman–Crippen MR) is 51.8 cm³/mol. The van der Waals surface area contributed by atoms with Gasteiger partial charge in [-0.3, -0.25) is 4.98 Å². The molecule has 0 saturated heterocycles. The summed E-state index contributed by atoms with van der Waals surface area (Å²) in [6.45, 7) is 3.63. The number of hydrogen-bond acceptors (Lipinski definition) is 5. The Balaban J connectivity index is 2.96. The molecule has 2 heterocycles. The number of aryl methyl sites for hydroxylation is 2. The highest BCUT2D eigenvalue weighted by atomic mass is 16.1. The Morgan fingerprint density at radius 1 is 1.14 bits per heavy atom. The van der Waals surface area contributed by atoms with Crippen molar-refractivity contribution in [3.05, 3.63) is 21.9 Å². The summed E-state index contributed by atoms with van der Waals surface area (Å²) in [7, 11) is 0. The topological polar surface area (TPSA) is 97.5 Å². The van der Waals surface area contributed by atoms with Crippen LogP contribution in [-0.4, -0.2) is 19.9 Å². The van der Waals surface area contributed by atoms with Crippen LogP contribution >= 0.6 is 0 Å². The van der Waals surface area contributed by atoms with Crippen LogP contribution in [0.5, 0.6) is 0 Å². The van der Waals surface area contributed by atoms with E-state index in [-0.39, 0.29) is 11.5 Å². The number of H-pyrrole nitrogens is 1. The molecule has 3 N–H and O–H groups in total. The van der Waals surface area contributed by atoms with Crippen molar-refractivity contribution >= 4 is 17.0 Å². The maximum Gasteiger partial charge on any atom is 0.348 e. The van der Waals surface area contributed by atoms with Crippen molar-refractivity contribution in [3.8, 4) is 0 Å². The van der Waals surface area contributed by atoms with Crippen LogP contribution in [0.2, 0.25) is 0 Å². The van der Waals surface area contributed by atoms with Crippen LogP contribution in [0.4, 0.5) is 5.82 Å². The van der Waals surface area contributed by atoms with Crippen LogP contribution in [0.3, 0.4) is 0 Å². The summed E-state index contributed by atoms with van der Waals surface area (Å²) in [5.74, 6) is 0.204. The number of nitrogens with zero attached hydrogens (tertiary/aromatic N) is 3. The summed E-state index contributed by atoms with van der Waals surface area (Å²) in [6, 6.07) is 0. The predicted octanol–water partition coefficient (Wildman–Crippen LogP) is -0.0879. The summed E-state index contributed by atoms with van der Waals surface area (Å²) in [6.07, 6.45) is 0. The summed E-state index contributed by atoms with van der Waals surface area (Å²) in [5.41, 5.74) is 7.32. The van der Waals surface area contributed by atoms with E-state index in [0.29, 0.717) is 5.52 Å². The lowest BCUT2D eigenvalue weighted by molar-refractivity contribution is 1.03. The number of hydrogen-bond donors (Lipinski definition) is 2. The lowest BCUT2D eigenvalue weighted by Gasteiger charge is -2.02. The highest BCUT2D eigenvalue weighted by molar-refractivity contribution is 5.80. The van der Waals surface area contributed by atoms with Gasteiger partial charge in [0.1, 0.15) is 11.3 Å². The normalized spacial score (nSPS) is 10.7. The fourth-order valence-electron chi connectivity index (χ4n) is 1.15. The van der Waals surface area contributed by atoms with Crippen molar-refractivity contribution in [1.29, 1.82) is 0 Å². The van der Waals surface area contributed by atoms with Gasteiger partial charge < -0.3 is 5.73 Å². The fraction of sp³-hybridized carbons (Fsp3) is 0.250. The van der Waals surface area contributed by atoms with Crippen molar-refractivity contribution in [2.24, 2.45) is 0 Å². The molecule has 0 aliphatic carbocycles. The molecule has 0 amide bonds. The van der Waals surface area contributed by atoms with Crippen molar-refractivity contribution in [2.45, 2.75) is 13.8 Å². The average molecular weight is 191 g/mol.